The zero-order valence-corrected chi connectivity index (χ0v) is 12.2. The number of anilines is 1. The van der Waals surface area contributed by atoms with Crippen LogP contribution in [0.1, 0.15) is 39.0 Å². The van der Waals surface area contributed by atoms with E-state index in [2.05, 4.69) is 4.98 Å². The Labute approximate surface area is 115 Å². The van der Waals surface area contributed by atoms with Crippen LogP contribution in [0, 0.1) is 6.92 Å². The second-order valence-electron chi connectivity index (χ2n) is 5.97. The third kappa shape index (κ3) is 2.82. The quantitative estimate of drug-likeness (QED) is 0.830. The van der Waals surface area contributed by atoms with Crippen LogP contribution < -0.4 is 5.73 Å². The van der Waals surface area contributed by atoms with Crippen molar-refractivity contribution in [2.75, 3.05) is 5.73 Å². The third-order valence-electron chi connectivity index (χ3n) is 3.77. The summed E-state index contributed by atoms with van der Waals surface area (Å²) < 4.78 is 11.7. The molecule has 1 saturated heterocycles. The maximum Gasteiger partial charge on any atom is 0.487 e. The summed E-state index contributed by atoms with van der Waals surface area (Å²) in [4.78, 5) is 4.29. The molecule has 0 spiro atoms. The number of aryl methyl sites for hydroxylation is 1. The Bertz CT molecular complexity index is 496. The van der Waals surface area contributed by atoms with Gasteiger partial charge >= 0.3 is 7.12 Å². The third-order valence-corrected chi connectivity index (χ3v) is 3.77. The summed E-state index contributed by atoms with van der Waals surface area (Å²) in [7, 11) is -0.368. The van der Waals surface area contributed by atoms with Gasteiger partial charge in [-0.05, 0) is 52.3 Å². The van der Waals surface area contributed by atoms with Crippen molar-refractivity contribution < 1.29 is 9.31 Å². The van der Waals surface area contributed by atoms with E-state index in [0.29, 0.717) is 5.69 Å². The number of hydrogen-bond donors (Lipinski definition) is 1. The van der Waals surface area contributed by atoms with Crippen molar-refractivity contribution >= 4 is 18.9 Å². The van der Waals surface area contributed by atoms with Gasteiger partial charge in [-0.15, -0.1) is 0 Å². The van der Waals surface area contributed by atoms with E-state index in [1.54, 1.807) is 6.20 Å². The Hall–Kier alpha value is -1.33. The molecule has 0 saturated carbocycles. The first-order valence-electron chi connectivity index (χ1n) is 6.47. The Morgan fingerprint density at radius 1 is 1.21 bits per heavy atom. The molecule has 2 N–H and O–H groups in total. The summed E-state index contributed by atoms with van der Waals surface area (Å²) in [5, 5.41) is 0. The normalized spacial score (nSPS) is 21.2. The fraction of sp³-hybridized carbons (Fsp3) is 0.500. The van der Waals surface area contributed by atoms with Gasteiger partial charge in [0.2, 0.25) is 0 Å². The molecule has 1 aliphatic heterocycles. The Morgan fingerprint density at radius 2 is 1.79 bits per heavy atom. The molecule has 0 atom stereocenters. The molecular formula is C14H21BN2O2. The number of nitrogens with zero attached hydrogens (tertiary/aromatic N) is 1. The molecule has 0 radical (unpaired) electrons. The van der Waals surface area contributed by atoms with Crippen LogP contribution >= 0.6 is 0 Å². The number of nitrogen functional groups attached to an aromatic ring is 1. The second-order valence-corrected chi connectivity index (χ2v) is 5.97. The molecule has 1 aliphatic rings. The van der Waals surface area contributed by atoms with Gasteiger partial charge in [0.1, 0.15) is 0 Å². The lowest BCUT2D eigenvalue weighted by Gasteiger charge is -2.32. The van der Waals surface area contributed by atoms with E-state index in [1.165, 1.54) is 0 Å². The lowest BCUT2D eigenvalue weighted by Crippen LogP contribution is -2.41. The lowest BCUT2D eigenvalue weighted by atomic mass is 9.89. The largest absolute Gasteiger partial charge is 0.487 e. The van der Waals surface area contributed by atoms with Gasteiger partial charge in [-0.25, -0.2) is 0 Å². The Morgan fingerprint density at radius 3 is 2.32 bits per heavy atom. The van der Waals surface area contributed by atoms with Gasteiger partial charge in [0.25, 0.3) is 0 Å². The van der Waals surface area contributed by atoms with Crippen LogP contribution in [0.25, 0.3) is 6.08 Å². The number of rotatable bonds is 2. The smallest absolute Gasteiger partial charge is 0.400 e. The molecule has 1 aromatic heterocycles. The minimum absolute atomic E-state index is 0.325. The molecule has 2 heterocycles. The Kier molecular flexibility index (Phi) is 3.45. The van der Waals surface area contributed by atoms with Crippen molar-refractivity contribution in [1.29, 1.82) is 0 Å². The van der Waals surface area contributed by atoms with Gasteiger partial charge in [-0.1, -0.05) is 5.98 Å². The second kappa shape index (κ2) is 4.65. The van der Waals surface area contributed by atoms with E-state index in [-0.39, 0.29) is 18.3 Å². The van der Waals surface area contributed by atoms with E-state index in [9.17, 15) is 0 Å². The van der Waals surface area contributed by atoms with E-state index in [4.69, 9.17) is 15.0 Å². The van der Waals surface area contributed by atoms with Crippen LogP contribution in [-0.2, 0) is 9.31 Å². The molecule has 4 nitrogen and oxygen atoms in total. The fourth-order valence-electron chi connectivity index (χ4n) is 1.88. The molecule has 0 aromatic carbocycles. The predicted molar refractivity (Wildman–Crippen MR) is 78.5 cm³/mol. The van der Waals surface area contributed by atoms with Gasteiger partial charge in [0, 0.05) is 6.20 Å². The van der Waals surface area contributed by atoms with E-state index >= 15 is 0 Å². The maximum atomic E-state index is 5.92. The van der Waals surface area contributed by atoms with Crippen LogP contribution in [0.4, 0.5) is 5.69 Å². The molecule has 0 unspecified atom stereocenters. The predicted octanol–water partition coefficient (Wildman–Crippen LogP) is 2.62. The van der Waals surface area contributed by atoms with Crippen molar-refractivity contribution in [1.82, 2.24) is 4.98 Å². The van der Waals surface area contributed by atoms with E-state index in [1.807, 2.05) is 52.7 Å². The number of nitrogens with two attached hydrogens (primary N) is 1. The molecule has 0 amide bonds. The molecule has 102 valence electrons. The first kappa shape index (κ1) is 14.1. The molecule has 5 heteroatoms. The zero-order chi connectivity index (χ0) is 14.3. The maximum absolute atomic E-state index is 5.92. The molecule has 19 heavy (non-hydrogen) atoms. The summed E-state index contributed by atoms with van der Waals surface area (Å²) in [5.41, 5.74) is 7.71. The SMILES string of the molecule is Cc1cnc(/C=C/B2OC(C)(C)C(C)(C)O2)c(N)c1. The molecule has 1 fully saturated rings. The van der Waals surface area contributed by atoms with Crippen LogP contribution in [0.15, 0.2) is 18.2 Å². The molecule has 1 aromatic rings. The van der Waals surface area contributed by atoms with Gasteiger partial charge in [-0.2, -0.15) is 0 Å². The number of hydrogen-bond acceptors (Lipinski definition) is 4. The highest BCUT2D eigenvalue weighted by Crippen LogP contribution is 2.37. The van der Waals surface area contributed by atoms with Crippen molar-refractivity contribution in [2.24, 2.45) is 0 Å². The van der Waals surface area contributed by atoms with Crippen molar-refractivity contribution in [3.8, 4) is 0 Å². The summed E-state index contributed by atoms with van der Waals surface area (Å²) >= 11 is 0. The van der Waals surface area contributed by atoms with Gasteiger partial charge in [0.05, 0.1) is 22.6 Å². The molecular weight excluding hydrogens is 239 g/mol. The van der Waals surface area contributed by atoms with Crippen LogP contribution in [-0.4, -0.2) is 23.3 Å². The zero-order valence-electron chi connectivity index (χ0n) is 12.2. The fourth-order valence-corrected chi connectivity index (χ4v) is 1.88. The minimum atomic E-state index is -0.368. The number of pyridine rings is 1. The van der Waals surface area contributed by atoms with Gasteiger partial charge in [-0.3, -0.25) is 4.98 Å². The first-order valence-corrected chi connectivity index (χ1v) is 6.47. The monoisotopic (exact) mass is 260 g/mol. The molecule has 0 aliphatic carbocycles. The molecule has 0 bridgehead atoms. The van der Waals surface area contributed by atoms with Crippen molar-refractivity contribution in [2.45, 2.75) is 45.8 Å². The summed E-state index contributed by atoms with van der Waals surface area (Å²) in [6.45, 7) is 10.1. The first-order chi connectivity index (χ1) is 8.71. The Balaban J connectivity index is 2.13. The summed E-state index contributed by atoms with van der Waals surface area (Å²) in [6, 6.07) is 1.90. The summed E-state index contributed by atoms with van der Waals surface area (Å²) in [5.74, 6) is 1.85. The average molecular weight is 260 g/mol. The van der Waals surface area contributed by atoms with Gasteiger partial charge in [0.15, 0.2) is 0 Å². The van der Waals surface area contributed by atoms with Crippen molar-refractivity contribution in [3.63, 3.8) is 0 Å². The highest BCUT2D eigenvalue weighted by molar-refractivity contribution is 6.52. The minimum Gasteiger partial charge on any atom is -0.400 e. The standard InChI is InChI=1S/C14H21BN2O2/c1-10-8-11(16)12(17-9-10)6-7-15-18-13(2,3)14(4,5)19-15/h6-9H,16H2,1-5H3/b7-6+. The van der Waals surface area contributed by atoms with E-state index in [0.717, 1.165) is 11.3 Å². The van der Waals surface area contributed by atoms with Gasteiger partial charge < -0.3 is 15.0 Å². The summed E-state index contributed by atoms with van der Waals surface area (Å²) in [6.07, 6.45) is 3.64. The van der Waals surface area contributed by atoms with Crippen molar-refractivity contribution in [3.05, 3.63) is 29.5 Å². The highest BCUT2D eigenvalue weighted by atomic mass is 16.7. The lowest BCUT2D eigenvalue weighted by molar-refractivity contribution is 0.00578. The topological polar surface area (TPSA) is 57.4 Å². The van der Waals surface area contributed by atoms with Crippen LogP contribution in [0.5, 0.6) is 0 Å². The van der Waals surface area contributed by atoms with E-state index < -0.39 is 0 Å². The number of aromatic nitrogens is 1. The van der Waals surface area contributed by atoms with Crippen LogP contribution in [0.3, 0.4) is 0 Å². The van der Waals surface area contributed by atoms with Crippen LogP contribution in [0.2, 0.25) is 0 Å². The molecule has 2 rings (SSSR count). The average Bonchev–Trinajstić information content (AvgIpc) is 2.46. The highest BCUT2D eigenvalue weighted by Gasteiger charge is 2.50.